The van der Waals surface area contributed by atoms with Gasteiger partial charge in [0, 0.05) is 24.2 Å². The molecule has 0 radical (unpaired) electrons. The van der Waals surface area contributed by atoms with Crippen LogP contribution in [0.5, 0.6) is 11.5 Å². The highest BCUT2D eigenvalue weighted by Crippen LogP contribution is 2.66. The van der Waals surface area contributed by atoms with Gasteiger partial charge in [-0.15, -0.1) is 12.4 Å². The summed E-state index contributed by atoms with van der Waals surface area (Å²) in [6, 6.07) is 9.37. The van der Waals surface area contributed by atoms with Gasteiger partial charge in [0.2, 0.25) is 0 Å². The lowest BCUT2D eigenvalue weighted by atomic mass is 9.48. The molecule has 2 aromatic carbocycles. The second-order valence-corrected chi connectivity index (χ2v) is 12.7. The maximum absolute atomic E-state index is 12.9. The van der Waals surface area contributed by atoms with Crippen molar-refractivity contribution in [1.29, 1.82) is 0 Å². The molecule has 0 amide bonds. The maximum Gasteiger partial charge on any atom is 0.416 e. The lowest BCUT2D eigenvalue weighted by Gasteiger charge is -2.64. The maximum atomic E-state index is 12.9. The largest absolute Gasteiger partial charge is 0.504 e. The Morgan fingerprint density at radius 2 is 1.82 bits per heavy atom. The van der Waals surface area contributed by atoms with Gasteiger partial charge >= 0.3 is 6.18 Å². The number of phenols is 1. The molecule has 2 bridgehead atoms. The minimum Gasteiger partial charge on any atom is -0.504 e. The fourth-order valence-electron chi connectivity index (χ4n) is 8.47. The Balaban J connectivity index is 0.00000289. The van der Waals surface area contributed by atoms with Crippen molar-refractivity contribution in [2.75, 3.05) is 26.7 Å². The molecule has 7 rings (SSSR count). The predicted molar refractivity (Wildman–Crippen MR) is 148 cm³/mol. The number of aryl methyl sites for hydroxylation is 1. The molecule has 0 unspecified atom stereocenters. The highest BCUT2D eigenvalue weighted by Gasteiger charge is 2.73. The van der Waals surface area contributed by atoms with Crippen LogP contribution in [0.2, 0.25) is 0 Å². The van der Waals surface area contributed by atoms with Gasteiger partial charge in [-0.05, 0) is 107 Å². The number of aromatic hydroxyl groups is 1. The molecule has 2 saturated carbocycles. The topological polar surface area (TPSA) is 56.2 Å². The van der Waals surface area contributed by atoms with E-state index >= 15 is 0 Å². The standard InChI is InChI=1S/C31H37F3N2O3.ClH/c1-35(15-2-3-19-6-9-22(10-7-19)31(32,33)34)23-12-13-30(38)25-17-21-8-11-24(37)27-26(21)29(30,28(23)39-27)14-16-36(25)18-20-4-5-20;/h6-11,20,23,25,28,37-38H,2-5,12-18H2,1H3;1H/t23-,25-,28+,29+,30-;/m1./s1. The number of alkyl halides is 3. The molecule has 2 heterocycles. The van der Waals surface area contributed by atoms with Gasteiger partial charge in [0.1, 0.15) is 6.10 Å². The zero-order chi connectivity index (χ0) is 27.2. The van der Waals surface area contributed by atoms with Crippen LogP contribution in [0.25, 0.3) is 0 Å². The van der Waals surface area contributed by atoms with Crippen LogP contribution in [-0.2, 0) is 24.4 Å². The first-order valence-corrected chi connectivity index (χ1v) is 14.5. The second kappa shape index (κ2) is 9.79. The Labute approximate surface area is 239 Å². The van der Waals surface area contributed by atoms with Crippen molar-refractivity contribution in [2.45, 2.75) is 86.7 Å². The van der Waals surface area contributed by atoms with Gasteiger partial charge in [-0.1, -0.05) is 18.2 Å². The van der Waals surface area contributed by atoms with Crippen molar-refractivity contribution < 1.29 is 28.1 Å². The molecule has 2 aromatic rings. The number of hydrogen-bond acceptors (Lipinski definition) is 5. The summed E-state index contributed by atoms with van der Waals surface area (Å²) in [5, 5.41) is 23.4. The van der Waals surface area contributed by atoms with E-state index < -0.39 is 22.8 Å². The highest BCUT2D eigenvalue weighted by molar-refractivity contribution is 5.85. The van der Waals surface area contributed by atoms with Crippen LogP contribution in [0.3, 0.4) is 0 Å². The van der Waals surface area contributed by atoms with E-state index in [1.165, 1.54) is 18.4 Å². The third-order valence-corrected chi connectivity index (χ3v) is 10.6. The Morgan fingerprint density at radius 1 is 1.07 bits per heavy atom. The van der Waals surface area contributed by atoms with Crippen LogP contribution in [0.4, 0.5) is 13.2 Å². The van der Waals surface area contributed by atoms with Crippen molar-refractivity contribution in [3.63, 3.8) is 0 Å². The minimum absolute atomic E-state index is 0. The molecule has 2 N–H and O–H groups in total. The number of likely N-dealkylation sites (N-methyl/N-ethyl adjacent to an activating group) is 1. The molecule has 1 spiro atoms. The first kappa shape index (κ1) is 28.1. The highest BCUT2D eigenvalue weighted by atomic mass is 35.5. The van der Waals surface area contributed by atoms with Crippen molar-refractivity contribution >= 4 is 12.4 Å². The zero-order valence-electron chi connectivity index (χ0n) is 22.8. The van der Waals surface area contributed by atoms with Crippen molar-refractivity contribution in [3.8, 4) is 11.5 Å². The van der Waals surface area contributed by atoms with Gasteiger partial charge in [0.25, 0.3) is 0 Å². The summed E-state index contributed by atoms with van der Waals surface area (Å²) >= 11 is 0. The van der Waals surface area contributed by atoms with Gasteiger partial charge in [0.15, 0.2) is 11.5 Å². The predicted octanol–water partition coefficient (Wildman–Crippen LogP) is 5.33. The van der Waals surface area contributed by atoms with Crippen molar-refractivity contribution in [3.05, 3.63) is 58.7 Å². The number of nitrogens with zero attached hydrogens (tertiary/aromatic N) is 2. The van der Waals surface area contributed by atoms with Gasteiger partial charge in [-0.25, -0.2) is 0 Å². The summed E-state index contributed by atoms with van der Waals surface area (Å²) < 4.78 is 45.4. The van der Waals surface area contributed by atoms with E-state index in [0.717, 1.165) is 74.5 Å². The number of likely N-dealkylation sites (tertiary alicyclic amines) is 1. The number of aliphatic hydroxyl groups is 1. The van der Waals surface area contributed by atoms with Crippen LogP contribution in [0.15, 0.2) is 36.4 Å². The third-order valence-electron chi connectivity index (χ3n) is 10.6. The summed E-state index contributed by atoms with van der Waals surface area (Å²) in [6.07, 6.45) is 2.61. The number of ether oxygens (including phenoxy) is 1. The van der Waals surface area contributed by atoms with Gasteiger partial charge in [0.05, 0.1) is 16.6 Å². The molecule has 5 nitrogen and oxygen atoms in total. The molecule has 5 aliphatic rings. The first-order valence-electron chi connectivity index (χ1n) is 14.5. The molecule has 1 saturated heterocycles. The van der Waals surface area contributed by atoms with E-state index in [0.29, 0.717) is 18.6 Å². The molecule has 2 aliphatic heterocycles. The van der Waals surface area contributed by atoms with Gasteiger partial charge in [-0.2, -0.15) is 13.2 Å². The number of rotatable bonds is 7. The lowest BCUT2D eigenvalue weighted by Crippen LogP contribution is -2.78. The molecular formula is C31H38ClF3N2O3. The number of hydrogen-bond donors (Lipinski definition) is 2. The average molecular weight is 579 g/mol. The summed E-state index contributed by atoms with van der Waals surface area (Å²) in [5.74, 6) is 1.47. The summed E-state index contributed by atoms with van der Waals surface area (Å²) in [6.45, 7) is 2.76. The summed E-state index contributed by atoms with van der Waals surface area (Å²) in [4.78, 5) is 4.85. The van der Waals surface area contributed by atoms with E-state index in [2.05, 4.69) is 16.8 Å². The van der Waals surface area contributed by atoms with Crippen LogP contribution in [-0.4, -0.2) is 70.5 Å². The molecule has 3 fully saturated rings. The van der Waals surface area contributed by atoms with E-state index in [9.17, 15) is 23.4 Å². The number of phenolic OH excluding ortho intramolecular Hbond substituents is 1. The van der Waals surface area contributed by atoms with Crippen molar-refractivity contribution in [2.24, 2.45) is 5.92 Å². The SMILES string of the molecule is CN(CCCc1ccc(C(F)(F)F)cc1)[C@@H]1CC[C@@]2(O)[C@H]3Cc4ccc(O)c5c4[C@@]2(CCN3CC2CC2)[C@H]1O5.Cl. The van der Waals surface area contributed by atoms with Crippen LogP contribution >= 0.6 is 12.4 Å². The minimum atomic E-state index is -4.32. The summed E-state index contributed by atoms with van der Waals surface area (Å²) in [5.41, 5.74) is 1.08. The number of halogens is 4. The molecule has 0 aromatic heterocycles. The Bertz CT molecular complexity index is 1270. The first-order chi connectivity index (χ1) is 18.6. The fraction of sp³-hybridized carbons (Fsp3) is 0.613. The van der Waals surface area contributed by atoms with Crippen molar-refractivity contribution in [1.82, 2.24) is 9.80 Å². The Kier molecular flexibility index (Phi) is 6.88. The van der Waals surface area contributed by atoms with Gasteiger partial charge < -0.3 is 14.9 Å². The van der Waals surface area contributed by atoms with E-state index in [1.807, 2.05) is 6.07 Å². The number of benzene rings is 2. The normalized spacial score (nSPS) is 32.4. The van der Waals surface area contributed by atoms with Crippen LogP contribution in [0.1, 0.15) is 60.8 Å². The fourth-order valence-corrected chi connectivity index (χ4v) is 8.47. The van der Waals surface area contributed by atoms with Crippen LogP contribution in [0, 0.1) is 5.92 Å². The molecule has 5 atom stereocenters. The Morgan fingerprint density at radius 3 is 2.52 bits per heavy atom. The average Bonchev–Trinajstić information content (AvgIpc) is 3.64. The van der Waals surface area contributed by atoms with E-state index in [1.54, 1.807) is 18.2 Å². The van der Waals surface area contributed by atoms with Crippen LogP contribution < -0.4 is 4.74 Å². The molecule has 40 heavy (non-hydrogen) atoms. The number of piperidine rings is 1. The monoisotopic (exact) mass is 578 g/mol. The molecule has 3 aliphatic carbocycles. The third kappa shape index (κ3) is 4.16. The lowest BCUT2D eigenvalue weighted by molar-refractivity contribution is -0.199. The smallest absolute Gasteiger partial charge is 0.416 e. The van der Waals surface area contributed by atoms with Gasteiger partial charge in [-0.3, -0.25) is 9.80 Å². The molecule has 218 valence electrons. The zero-order valence-corrected chi connectivity index (χ0v) is 23.6. The quantitative estimate of drug-likeness (QED) is 0.465. The Hall–Kier alpha value is -2.00. The second-order valence-electron chi connectivity index (χ2n) is 12.7. The molecular weight excluding hydrogens is 541 g/mol. The summed E-state index contributed by atoms with van der Waals surface area (Å²) in [7, 11) is 2.09. The van der Waals surface area contributed by atoms with E-state index in [-0.39, 0.29) is 36.3 Å². The van der Waals surface area contributed by atoms with E-state index in [4.69, 9.17) is 4.74 Å². The molecule has 9 heteroatoms.